The predicted octanol–water partition coefficient (Wildman–Crippen LogP) is 3.79. The van der Waals surface area contributed by atoms with Crippen molar-refractivity contribution in [3.8, 4) is 0 Å². The van der Waals surface area contributed by atoms with Gasteiger partial charge in [-0.25, -0.2) is 0 Å². The predicted molar refractivity (Wildman–Crippen MR) is 72.2 cm³/mol. The molecule has 0 aromatic carbocycles. The summed E-state index contributed by atoms with van der Waals surface area (Å²) < 4.78 is 5.25. The summed E-state index contributed by atoms with van der Waals surface area (Å²) in [5.74, 6) is 1.83. The fraction of sp³-hybridized carbons (Fsp3) is 0.929. The first-order valence-corrected chi connectivity index (χ1v) is 8.16. The van der Waals surface area contributed by atoms with Crippen LogP contribution >= 0.6 is 11.8 Å². The van der Waals surface area contributed by atoms with Gasteiger partial charge in [0.2, 0.25) is 0 Å². The van der Waals surface area contributed by atoms with Gasteiger partial charge in [-0.15, -0.1) is 0 Å². The summed E-state index contributed by atoms with van der Waals surface area (Å²) in [4.78, 5) is 11.4. The van der Waals surface area contributed by atoms with Crippen LogP contribution in [0.4, 0.5) is 0 Å². The van der Waals surface area contributed by atoms with Gasteiger partial charge in [0.1, 0.15) is 6.61 Å². The molecule has 2 aliphatic carbocycles. The average molecular weight is 256 g/mol. The molecule has 0 aromatic rings. The van der Waals surface area contributed by atoms with Crippen molar-refractivity contribution in [3.05, 3.63) is 0 Å². The zero-order valence-corrected chi connectivity index (χ0v) is 11.5. The van der Waals surface area contributed by atoms with Crippen LogP contribution in [0.1, 0.15) is 57.8 Å². The Labute approximate surface area is 109 Å². The molecule has 0 atom stereocenters. The van der Waals surface area contributed by atoms with Gasteiger partial charge in [-0.2, -0.15) is 11.8 Å². The van der Waals surface area contributed by atoms with Crippen LogP contribution in [0, 0.1) is 5.92 Å². The van der Waals surface area contributed by atoms with Gasteiger partial charge in [-0.05, 0) is 25.2 Å². The molecule has 2 rings (SSSR count). The second-order valence-electron chi connectivity index (χ2n) is 5.33. The molecule has 0 heterocycles. The summed E-state index contributed by atoms with van der Waals surface area (Å²) in [6, 6.07) is 0. The Kier molecular flexibility index (Phi) is 5.69. The van der Waals surface area contributed by atoms with Gasteiger partial charge < -0.3 is 4.74 Å². The monoisotopic (exact) mass is 256 g/mol. The van der Waals surface area contributed by atoms with E-state index in [4.69, 9.17) is 4.74 Å². The van der Waals surface area contributed by atoms with E-state index in [1.54, 1.807) is 0 Å². The first-order chi connectivity index (χ1) is 8.34. The highest BCUT2D eigenvalue weighted by molar-refractivity contribution is 7.99. The maximum Gasteiger partial charge on any atom is 0.305 e. The van der Waals surface area contributed by atoms with E-state index in [2.05, 4.69) is 0 Å². The van der Waals surface area contributed by atoms with E-state index >= 15 is 0 Å². The van der Waals surface area contributed by atoms with Gasteiger partial charge in [-0.3, -0.25) is 4.79 Å². The topological polar surface area (TPSA) is 26.3 Å². The summed E-state index contributed by atoms with van der Waals surface area (Å²) in [7, 11) is 0. The lowest BCUT2D eigenvalue weighted by Crippen LogP contribution is -2.12. The van der Waals surface area contributed by atoms with E-state index < -0.39 is 0 Å². The molecule has 3 heteroatoms. The van der Waals surface area contributed by atoms with Crippen molar-refractivity contribution in [2.45, 2.75) is 63.0 Å². The molecule has 0 spiro atoms. The standard InChI is InChI=1S/C14H24O2S/c15-14(9-8-12-6-7-12)16-10-11-17-13-4-2-1-3-5-13/h12-13H,1-11H2. The highest BCUT2D eigenvalue weighted by atomic mass is 32.2. The smallest absolute Gasteiger partial charge is 0.305 e. The third-order valence-electron chi connectivity index (χ3n) is 3.71. The average Bonchev–Trinajstić information content (AvgIpc) is 3.17. The Hall–Kier alpha value is -0.180. The van der Waals surface area contributed by atoms with E-state index in [1.807, 2.05) is 11.8 Å². The maximum absolute atomic E-state index is 11.4. The molecule has 2 fully saturated rings. The Morgan fingerprint density at radius 2 is 1.88 bits per heavy atom. The second kappa shape index (κ2) is 7.30. The van der Waals surface area contributed by atoms with Crippen LogP contribution in [-0.2, 0) is 9.53 Å². The van der Waals surface area contributed by atoms with Crippen LogP contribution in [-0.4, -0.2) is 23.6 Å². The van der Waals surface area contributed by atoms with Crippen molar-refractivity contribution < 1.29 is 9.53 Å². The number of hydrogen-bond donors (Lipinski definition) is 0. The number of hydrogen-bond acceptors (Lipinski definition) is 3. The summed E-state index contributed by atoms with van der Waals surface area (Å²) in [6.07, 6.45) is 11.2. The third-order valence-corrected chi connectivity index (χ3v) is 5.05. The lowest BCUT2D eigenvalue weighted by Gasteiger charge is -2.20. The van der Waals surface area contributed by atoms with Gasteiger partial charge in [0.05, 0.1) is 0 Å². The normalized spacial score (nSPS) is 21.4. The Morgan fingerprint density at radius 1 is 1.12 bits per heavy atom. The Balaban J connectivity index is 1.42. The number of ether oxygens (including phenoxy) is 1. The van der Waals surface area contributed by atoms with Crippen LogP contribution in [0.5, 0.6) is 0 Å². The number of thioether (sulfide) groups is 1. The minimum Gasteiger partial charge on any atom is -0.465 e. The third kappa shape index (κ3) is 5.80. The van der Waals surface area contributed by atoms with E-state index in [1.165, 1.54) is 44.9 Å². The van der Waals surface area contributed by atoms with E-state index in [9.17, 15) is 4.79 Å². The molecular weight excluding hydrogens is 232 g/mol. The molecule has 2 nitrogen and oxygen atoms in total. The summed E-state index contributed by atoms with van der Waals surface area (Å²) in [5.41, 5.74) is 0. The van der Waals surface area contributed by atoms with Crippen molar-refractivity contribution in [2.75, 3.05) is 12.4 Å². The summed E-state index contributed by atoms with van der Waals surface area (Å²) in [5, 5.41) is 0.828. The molecule has 0 N–H and O–H groups in total. The lowest BCUT2D eigenvalue weighted by molar-refractivity contribution is -0.143. The quantitative estimate of drug-likeness (QED) is 0.512. The molecule has 17 heavy (non-hydrogen) atoms. The Bertz CT molecular complexity index is 232. The van der Waals surface area contributed by atoms with Crippen LogP contribution in [0.3, 0.4) is 0 Å². The highest BCUT2D eigenvalue weighted by Crippen LogP contribution is 2.33. The maximum atomic E-state index is 11.4. The van der Waals surface area contributed by atoms with Crippen LogP contribution in [0.2, 0.25) is 0 Å². The zero-order valence-electron chi connectivity index (χ0n) is 10.7. The second-order valence-corrected chi connectivity index (χ2v) is 6.74. The highest BCUT2D eigenvalue weighted by Gasteiger charge is 2.22. The Morgan fingerprint density at radius 3 is 2.59 bits per heavy atom. The largest absolute Gasteiger partial charge is 0.465 e. The van der Waals surface area contributed by atoms with Crippen LogP contribution in [0.25, 0.3) is 0 Å². The van der Waals surface area contributed by atoms with Crippen LogP contribution in [0.15, 0.2) is 0 Å². The van der Waals surface area contributed by atoms with Gasteiger partial charge in [0, 0.05) is 17.4 Å². The number of rotatable bonds is 7. The fourth-order valence-corrected chi connectivity index (χ4v) is 3.58. The van der Waals surface area contributed by atoms with Crippen molar-refractivity contribution in [1.82, 2.24) is 0 Å². The molecule has 98 valence electrons. The van der Waals surface area contributed by atoms with Crippen molar-refractivity contribution in [1.29, 1.82) is 0 Å². The number of carbonyl (C=O) groups is 1. The van der Waals surface area contributed by atoms with E-state index in [0.717, 1.165) is 23.3 Å². The molecule has 2 saturated carbocycles. The SMILES string of the molecule is O=C(CCC1CC1)OCCSC1CCCCC1. The van der Waals surface area contributed by atoms with Crippen molar-refractivity contribution in [3.63, 3.8) is 0 Å². The zero-order chi connectivity index (χ0) is 11.9. The van der Waals surface area contributed by atoms with Gasteiger partial charge in [0.15, 0.2) is 0 Å². The molecule has 2 aliphatic rings. The molecule has 0 amide bonds. The van der Waals surface area contributed by atoms with Gasteiger partial charge in [0.25, 0.3) is 0 Å². The minimum atomic E-state index is 0.0149. The van der Waals surface area contributed by atoms with Gasteiger partial charge >= 0.3 is 5.97 Å². The fourth-order valence-electron chi connectivity index (χ4n) is 2.40. The number of carbonyl (C=O) groups excluding carboxylic acids is 1. The summed E-state index contributed by atoms with van der Waals surface area (Å²) in [6.45, 7) is 0.616. The molecule has 0 bridgehead atoms. The van der Waals surface area contributed by atoms with E-state index in [0.29, 0.717) is 13.0 Å². The van der Waals surface area contributed by atoms with Crippen molar-refractivity contribution in [2.24, 2.45) is 5.92 Å². The molecule has 0 radical (unpaired) electrons. The first-order valence-electron chi connectivity index (χ1n) is 7.12. The molecule has 0 unspecified atom stereocenters. The lowest BCUT2D eigenvalue weighted by atomic mass is 10.0. The van der Waals surface area contributed by atoms with Crippen molar-refractivity contribution >= 4 is 17.7 Å². The molecule has 0 saturated heterocycles. The van der Waals surface area contributed by atoms with E-state index in [-0.39, 0.29) is 5.97 Å². The van der Waals surface area contributed by atoms with Gasteiger partial charge in [-0.1, -0.05) is 32.1 Å². The molecule has 0 aromatic heterocycles. The summed E-state index contributed by atoms with van der Waals surface area (Å²) >= 11 is 2.00. The molecule has 0 aliphatic heterocycles. The first kappa shape index (κ1) is 13.3. The van der Waals surface area contributed by atoms with Crippen LogP contribution < -0.4 is 0 Å². The molecular formula is C14H24O2S. The minimum absolute atomic E-state index is 0.0149. The number of esters is 1.